The van der Waals surface area contributed by atoms with E-state index in [1.54, 1.807) is 60.7 Å². The van der Waals surface area contributed by atoms with Gasteiger partial charge in [0, 0.05) is 29.4 Å². The monoisotopic (exact) mass is 611 g/mol. The molecule has 0 spiro atoms. The first-order chi connectivity index (χ1) is 20.0. The lowest BCUT2D eigenvalue weighted by Crippen LogP contribution is -2.44. The van der Waals surface area contributed by atoms with E-state index in [1.165, 1.54) is 13.1 Å². The molecular weight excluding hydrogens is 586 g/mol. The van der Waals surface area contributed by atoms with Crippen molar-refractivity contribution in [2.45, 2.75) is 13.5 Å². The second kappa shape index (κ2) is 13.3. The zero-order valence-corrected chi connectivity index (χ0v) is 23.8. The first kappa shape index (κ1) is 30.2. The summed E-state index contributed by atoms with van der Waals surface area (Å²) in [6, 6.07) is 17.3. The van der Waals surface area contributed by atoms with Gasteiger partial charge in [0.15, 0.2) is 5.13 Å². The molecule has 0 bridgehead atoms. The molecule has 0 aliphatic rings. The summed E-state index contributed by atoms with van der Waals surface area (Å²) < 4.78 is 24.4. The van der Waals surface area contributed by atoms with Crippen molar-refractivity contribution in [1.29, 1.82) is 0 Å². The fourth-order valence-corrected chi connectivity index (χ4v) is 5.67. The zero-order valence-electron chi connectivity index (χ0n) is 22.1. The Bertz CT molecular complexity index is 1750. The highest BCUT2D eigenvalue weighted by atomic mass is 32.2. The maximum atomic E-state index is 13.4. The van der Waals surface area contributed by atoms with Crippen molar-refractivity contribution in [3.05, 3.63) is 104 Å². The zero-order chi connectivity index (χ0) is 30.4. The number of nitrogens with zero attached hydrogens (tertiary/aromatic N) is 4. The van der Waals surface area contributed by atoms with Crippen LogP contribution in [0.3, 0.4) is 0 Å². The van der Waals surface area contributed by atoms with Crippen LogP contribution < -0.4 is 15.6 Å². The number of aromatic amines is 1. The van der Waals surface area contributed by atoms with Crippen LogP contribution in [-0.4, -0.2) is 70.6 Å². The van der Waals surface area contributed by atoms with Crippen molar-refractivity contribution in [2.75, 3.05) is 23.9 Å². The Morgan fingerprint density at radius 1 is 1.02 bits per heavy atom. The van der Waals surface area contributed by atoms with Crippen molar-refractivity contribution < 1.29 is 28.3 Å². The van der Waals surface area contributed by atoms with Crippen molar-refractivity contribution in [3.8, 4) is 11.3 Å². The highest BCUT2D eigenvalue weighted by Gasteiger charge is 2.27. The Balaban J connectivity index is 1.64. The Morgan fingerprint density at radius 3 is 2.29 bits per heavy atom. The number of carboxylic acid groups (broad SMARTS) is 1. The molecule has 2 aromatic heterocycles. The third-order valence-electron chi connectivity index (χ3n) is 6.05. The van der Waals surface area contributed by atoms with Gasteiger partial charge in [0.25, 0.3) is 16.8 Å². The predicted molar refractivity (Wildman–Crippen MR) is 156 cm³/mol. The molecule has 0 radical (unpaired) electrons. The highest BCUT2D eigenvalue weighted by Crippen LogP contribution is 2.35. The summed E-state index contributed by atoms with van der Waals surface area (Å²) in [7, 11) is 0. The van der Waals surface area contributed by atoms with Gasteiger partial charge < -0.3 is 10.0 Å². The number of aromatic nitrogens is 3. The Labute approximate surface area is 245 Å². The number of thiazole rings is 1. The van der Waals surface area contributed by atoms with Gasteiger partial charge >= 0.3 is 11.7 Å². The number of rotatable bonds is 12. The SMILES string of the molecule is Cc1cn(CC(=O)N(CCN(c2nc(-c3ccccc3)c(C(=O)c3ccccc3)s2)S(=O)O)CC(=O)O)c(=O)[nH]c1=O. The predicted octanol–water partition coefficient (Wildman–Crippen LogP) is 1.76. The molecule has 13 nitrogen and oxygen atoms in total. The number of carboxylic acids is 1. The van der Waals surface area contributed by atoms with Gasteiger partial charge in [0.2, 0.25) is 11.7 Å². The van der Waals surface area contributed by atoms with Gasteiger partial charge in [-0.05, 0) is 6.92 Å². The number of anilines is 1. The van der Waals surface area contributed by atoms with Crippen LogP contribution in [0.4, 0.5) is 5.13 Å². The van der Waals surface area contributed by atoms with Gasteiger partial charge in [-0.1, -0.05) is 72.0 Å². The molecule has 3 N–H and O–H groups in total. The molecule has 15 heteroatoms. The lowest BCUT2D eigenvalue weighted by atomic mass is 10.1. The first-order valence-corrected chi connectivity index (χ1v) is 14.3. The van der Waals surface area contributed by atoms with Gasteiger partial charge in [-0.25, -0.2) is 18.3 Å². The van der Waals surface area contributed by atoms with Crippen LogP contribution in [0, 0.1) is 6.92 Å². The van der Waals surface area contributed by atoms with Crippen LogP contribution in [0.25, 0.3) is 11.3 Å². The van der Waals surface area contributed by atoms with Crippen molar-refractivity contribution in [1.82, 2.24) is 19.4 Å². The Kier molecular flexibility index (Phi) is 9.57. The molecular formula is C27H25N5O8S2. The van der Waals surface area contributed by atoms with Crippen molar-refractivity contribution in [3.63, 3.8) is 0 Å². The minimum Gasteiger partial charge on any atom is -0.480 e. The molecule has 0 aliphatic heterocycles. The maximum Gasteiger partial charge on any atom is 0.328 e. The molecule has 218 valence electrons. The summed E-state index contributed by atoms with van der Waals surface area (Å²) in [5.41, 5.74) is 0.00797. The summed E-state index contributed by atoms with van der Waals surface area (Å²) in [5, 5.41) is 9.38. The van der Waals surface area contributed by atoms with Gasteiger partial charge in [-0.15, -0.1) is 0 Å². The highest BCUT2D eigenvalue weighted by molar-refractivity contribution is 7.81. The van der Waals surface area contributed by atoms with Crippen LogP contribution in [-0.2, 0) is 27.4 Å². The van der Waals surface area contributed by atoms with E-state index < -0.39 is 47.5 Å². The third kappa shape index (κ3) is 7.12. The number of ketones is 1. The molecule has 1 unspecified atom stereocenters. The number of aryl methyl sites for hydroxylation is 1. The topological polar surface area (TPSA) is 183 Å². The minimum absolute atomic E-state index is 0.00386. The van der Waals surface area contributed by atoms with Crippen molar-refractivity contribution in [2.24, 2.45) is 0 Å². The lowest BCUT2D eigenvalue weighted by molar-refractivity contribution is -0.144. The molecule has 0 fully saturated rings. The molecule has 2 aromatic carbocycles. The minimum atomic E-state index is -2.66. The second-order valence-corrected chi connectivity index (χ2v) is 10.9. The Hall–Kier alpha value is -4.73. The number of hydrogen-bond acceptors (Lipinski definition) is 8. The fourth-order valence-electron chi connectivity index (χ4n) is 3.97. The van der Waals surface area contributed by atoms with Gasteiger partial charge in [-0.2, -0.15) is 0 Å². The van der Waals surface area contributed by atoms with Crippen LogP contribution in [0.1, 0.15) is 20.8 Å². The molecule has 1 amide bonds. The van der Waals surface area contributed by atoms with Gasteiger partial charge in [0.05, 0.1) is 12.2 Å². The number of amides is 1. The summed E-state index contributed by atoms with van der Waals surface area (Å²) in [5.74, 6) is -2.47. The van der Waals surface area contributed by atoms with Gasteiger partial charge in [-0.3, -0.25) is 33.3 Å². The van der Waals surface area contributed by atoms with Crippen LogP contribution in [0.5, 0.6) is 0 Å². The normalized spacial score (nSPS) is 11.6. The van der Waals surface area contributed by atoms with E-state index in [4.69, 9.17) is 0 Å². The van der Waals surface area contributed by atoms with Crippen LogP contribution in [0.2, 0.25) is 0 Å². The van der Waals surface area contributed by atoms with Crippen LogP contribution >= 0.6 is 11.3 Å². The van der Waals surface area contributed by atoms with E-state index in [-0.39, 0.29) is 34.4 Å². The quantitative estimate of drug-likeness (QED) is 0.159. The number of aliphatic carboxylic acids is 1. The molecule has 0 saturated carbocycles. The lowest BCUT2D eigenvalue weighted by Gasteiger charge is -2.24. The third-order valence-corrected chi connectivity index (χ3v) is 7.98. The Morgan fingerprint density at radius 2 is 1.67 bits per heavy atom. The van der Waals surface area contributed by atoms with Crippen molar-refractivity contribution >= 4 is 45.4 Å². The molecule has 1 atom stereocenters. The number of benzene rings is 2. The molecule has 4 rings (SSSR count). The molecule has 2 heterocycles. The number of carbonyl (C=O) groups is 3. The summed E-state index contributed by atoms with van der Waals surface area (Å²) in [6.45, 7) is -0.555. The average molecular weight is 612 g/mol. The number of hydrogen-bond donors (Lipinski definition) is 3. The second-order valence-electron chi connectivity index (χ2n) is 8.98. The summed E-state index contributed by atoms with van der Waals surface area (Å²) >= 11 is -1.77. The van der Waals surface area contributed by atoms with Crippen LogP contribution in [0.15, 0.2) is 76.4 Å². The molecule has 0 saturated heterocycles. The number of nitrogens with one attached hydrogen (secondary N) is 1. The number of H-pyrrole nitrogens is 1. The average Bonchev–Trinajstić information content (AvgIpc) is 3.40. The molecule has 4 aromatic rings. The standard InChI is InChI=1S/C27H25N5O8S2/c1-17-14-31(26(38)29-25(17)37)15-20(33)30(16-21(34)35)12-13-32(42(39)40)27-28-22(18-8-4-2-5-9-18)24(41-27)23(36)19-10-6-3-7-11-19/h2-11,14H,12-13,15-16H2,1H3,(H,34,35)(H,39,40)(H,29,37,38). The van der Waals surface area contributed by atoms with E-state index in [1.807, 2.05) is 0 Å². The first-order valence-electron chi connectivity index (χ1n) is 12.4. The van der Waals surface area contributed by atoms with Gasteiger partial charge in [0.1, 0.15) is 18.0 Å². The number of carbonyl (C=O) groups excluding carboxylic acids is 2. The van der Waals surface area contributed by atoms with E-state index in [9.17, 15) is 37.8 Å². The molecule has 42 heavy (non-hydrogen) atoms. The molecule has 0 aliphatic carbocycles. The van der Waals surface area contributed by atoms with E-state index in [0.717, 1.165) is 25.1 Å². The smallest absolute Gasteiger partial charge is 0.328 e. The summed E-state index contributed by atoms with van der Waals surface area (Å²) in [4.78, 5) is 69.4. The largest absolute Gasteiger partial charge is 0.480 e. The maximum absolute atomic E-state index is 13.4. The fraction of sp³-hybridized carbons (Fsp3) is 0.185. The van der Waals surface area contributed by atoms with E-state index in [2.05, 4.69) is 9.97 Å². The van der Waals surface area contributed by atoms with E-state index in [0.29, 0.717) is 16.8 Å². The van der Waals surface area contributed by atoms with E-state index >= 15 is 0 Å². The summed E-state index contributed by atoms with van der Waals surface area (Å²) in [6.07, 6.45) is 1.18.